The van der Waals surface area contributed by atoms with Crippen LogP contribution < -0.4 is 0 Å². The molecule has 0 amide bonds. The Morgan fingerprint density at radius 3 is 2.43 bits per heavy atom. The van der Waals surface area contributed by atoms with E-state index >= 15 is 0 Å². The maximum Gasteiger partial charge on any atom is 0.187 e. The molecular formula is C5H5FO. The van der Waals surface area contributed by atoms with E-state index in [0.29, 0.717) is 6.29 Å². The van der Waals surface area contributed by atoms with E-state index in [4.69, 9.17) is 0 Å². The monoisotopic (exact) mass is 100 g/mol. The van der Waals surface area contributed by atoms with E-state index in [9.17, 15) is 9.18 Å². The Morgan fingerprint density at radius 1 is 1.86 bits per heavy atom. The molecule has 7 heavy (non-hydrogen) atoms. The van der Waals surface area contributed by atoms with Crippen LogP contribution in [0, 0.1) is 0 Å². The van der Waals surface area contributed by atoms with Gasteiger partial charge in [-0.1, -0.05) is 6.08 Å². The fourth-order valence-corrected chi connectivity index (χ4v) is 0.430. The maximum absolute atomic E-state index is 12.2. The Labute approximate surface area is 40.8 Å². The summed E-state index contributed by atoms with van der Waals surface area (Å²) < 4.78 is 12.2. The van der Waals surface area contributed by atoms with Gasteiger partial charge in [-0.3, -0.25) is 4.79 Å². The molecule has 0 saturated heterocycles. The second kappa shape index (κ2) is 1.15. The molecule has 0 heterocycles. The second-order valence-corrected chi connectivity index (χ2v) is 1.65. The minimum atomic E-state index is -1.60. The highest BCUT2D eigenvalue weighted by atomic mass is 19.1. The summed E-state index contributed by atoms with van der Waals surface area (Å²) in [5.74, 6) is 0. The van der Waals surface area contributed by atoms with Crippen molar-refractivity contribution in [3.8, 4) is 0 Å². The number of hydrogen-bond acceptors (Lipinski definition) is 1. The molecule has 1 unspecified atom stereocenters. The zero-order valence-electron chi connectivity index (χ0n) is 3.73. The highest BCUT2D eigenvalue weighted by Gasteiger charge is 2.29. The highest BCUT2D eigenvalue weighted by Crippen LogP contribution is 2.24. The van der Waals surface area contributed by atoms with Crippen LogP contribution in [0.2, 0.25) is 0 Å². The van der Waals surface area contributed by atoms with Crippen molar-refractivity contribution in [3.63, 3.8) is 0 Å². The number of carbonyl (C=O) groups is 1. The summed E-state index contributed by atoms with van der Waals surface area (Å²) in [7, 11) is 0. The molecule has 0 spiro atoms. The van der Waals surface area contributed by atoms with E-state index in [1.165, 1.54) is 6.08 Å². The summed E-state index contributed by atoms with van der Waals surface area (Å²) in [4.78, 5) is 9.68. The largest absolute Gasteiger partial charge is 0.299 e. The molecule has 0 bridgehead atoms. The Hall–Kier alpha value is -0.660. The maximum atomic E-state index is 12.2. The van der Waals surface area contributed by atoms with Crippen LogP contribution in [-0.2, 0) is 4.79 Å². The number of alkyl halides is 1. The normalized spacial score (nSPS) is 37.3. The standard InChI is InChI=1S/C5H5FO/c6-5(4-7)2-1-3-5/h1-2,4H,3H2. The Balaban J connectivity index is 2.64. The van der Waals surface area contributed by atoms with E-state index in [2.05, 4.69) is 0 Å². The van der Waals surface area contributed by atoms with Gasteiger partial charge < -0.3 is 0 Å². The van der Waals surface area contributed by atoms with Crippen molar-refractivity contribution >= 4 is 6.29 Å². The van der Waals surface area contributed by atoms with Gasteiger partial charge in [-0.2, -0.15) is 0 Å². The van der Waals surface area contributed by atoms with Crippen LogP contribution >= 0.6 is 0 Å². The summed E-state index contributed by atoms with van der Waals surface area (Å²) >= 11 is 0. The third kappa shape index (κ3) is 0.557. The summed E-state index contributed by atoms with van der Waals surface area (Å²) in [5.41, 5.74) is -1.60. The number of hydrogen-bond donors (Lipinski definition) is 0. The summed E-state index contributed by atoms with van der Waals surface area (Å²) in [6, 6.07) is 0. The lowest BCUT2D eigenvalue weighted by molar-refractivity contribution is -0.115. The molecule has 0 aromatic heterocycles. The molecule has 0 fully saturated rings. The fraction of sp³-hybridized carbons (Fsp3) is 0.400. The minimum Gasteiger partial charge on any atom is -0.299 e. The zero-order valence-corrected chi connectivity index (χ0v) is 3.73. The smallest absolute Gasteiger partial charge is 0.187 e. The van der Waals surface area contributed by atoms with Crippen molar-refractivity contribution in [2.24, 2.45) is 0 Å². The summed E-state index contributed by atoms with van der Waals surface area (Å²) in [6.07, 6.45) is 3.48. The first-order chi connectivity index (χ1) is 3.27. The molecule has 1 aliphatic rings. The molecule has 0 N–H and O–H groups in total. The molecule has 0 aliphatic heterocycles. The van der Waals surface area contributed by atoms with Gasteiger partial charge in [-0.25, -0.2) is 4.39 Å². The van der Waals surface area contributed by atoms with Crippen LogP contribution in [0.15, 0.2) is 12.2 Å². The average Bonchev–Trinajstić information content (AvgIpc) is 1.61. The first kappa shape index (κ1) is 4.50. The van der Waals surface area contributed by atoms with E-state index in [1.54, 1.807) is 6.08 Å². The third-order valence-electron chi connectivity index (χ3n) is 1.02. The van der Waals surface area contributed by atoms with Gasteiger partial charge in [-0.15, -0.1) is 0 Å². The van der Waals surface area contributed by atoms with E-state index in [1.807, 2.05) is 0 Å². The number of rotatable bonds is 1. The first-order valence-corrected chi connectivity index (χ1v) is 2.10. The van der Waals surface area contributed by atoms with Gasteiger partial charge >= 0.3 is 0 Å². The Bertz CT molecular complexity index is 119. The van der Waals surface area contributed by atoms with Crippen molar-refractivity contribution in [3.05, 3.63) is 12.2 Å². The molecule has 0 aromatic carbocycles. The van der Waals surface area contributed by atoms with Gasteiger partial charge in [0.2, 0.25) is 0 Å². The second-order valence-electron chi connectivity index (χ2n) is 1.65. The summed E-state index contributed by atoms with van der Waals surface area (Å²) in [6.45, 7) is 0. The molecule has 1 nitrogen and oxygen atoms in total. The van der Waals surface area contributed by atoms with Crippen molar-refractivity contribution in [1.29, 1.82) is 0 Å². The molecule has 1 rings (SSSR count). The van der Waals surface area contributed by atoms with Gasteiger partial charge in [0, 0.05) is 6.42 Å². The van der Waals surface area contributed by atoms with Crippen molar-refractivity contribution in [1.82, 2.24) is 0 Å². The van der Waals surface area contributed by atoms with Gasteiger partial charge in [0.15, 0.2) is 12.0 Å². The van der Waals surface area contributed by atoms with Crippen LogP contribution in [0.25, 0.3) is 0 Å². The number of halogens is 1. The lowest BCUT2D eigenvalue weighted by Gasteiger charge is -2.18. The van der Waals surface area contributed by atoms with Gasteiger partial charge in [0.1, 0.15) is 0 Å². The quantitative estimate of drug-likeness (QED) is 0.352. The molecule has 0 radical (unpaired) electrons. The van der Waals surface area contributed by atoms with Crippen molar-refractivity contribution in [2.75, 3.05) is 0 Å². The topological polar surface area (TPSA) is 17.1 Å². The van der Waals surface area contributed by atoms with E-state index < -0.39 is 5.67 Å². The highest BCUT2D eigenvalue weighted by molar-refractivity contribution is 5.68. The van der Waals surface area contributed by atoms with Gasteiger partial charge in [0.05, 0.1) is 0 Å². The third-order valence-corrected chi connectivity index (χ3v) is 1.02. The molecule has 38 valence electrons. The molecular weight excluding hydrogens is 95.1 g/mol. The number of allylic oxidation sites excluding steroid dienone is 2. The predicted octanol–water partition coefficient (Wildman–Crippen LogP) is 0.853. The number of aldehydes is 1. The average molecular weight is 100 g/mol. The first-order valence-electron chi connectivity index (χ1n) is 2.10. The molecule has 1 atom stereocenters. The predicted molar refractivity (Wildman–Crippen MR) is 23.7 cm³/mol. The van der Waals surface area contributed by atoms with Crippen LogP contribution in [0.5, 0.6) is 0 Å². The fourth-order valence-electron chi connectivity index (χ4n) is 0.430. The van der Waals surface area contributed by atoms with E-state index in [0.717, 1.165) is 0 Å². The number of carbonyl (C=O) groups excluding carboxylic acids is 1. The molecule has 0 saturated carbocycles. The van der Waals surface area contributed by atoms with Gasteiger partial charge in [-0.05, 0) is 6.08 Å². The van der Waals surface area contributed by atoms with Crippen LogP contribution in [0.1, 0.15) is 6.42 Å². The lowest BCUT2D eigenvalue weighted by atomic mass is 9.94. The Kier molecular flexibility index (Phi) is 0.741. The van der Waals surface area contributed by atoms with Crippen LogP contribution in [0.3, 0.4) is 0 Å². The summed E-state index contributed by atoms with van der Waals surface area (Å²) in [5, 5.41) is 0. The van der Waals surface area contributed by atoms with Crippen molar-refractivity contribution in [2.45, 2.75) is 12.1 Å². The van der Waals surface area contributed by atoms with Gasteiger partial charge in [0.25, 0.3) is 0 Å². The Morgan fingerprint density at radius 2 is 2.43 bits per heavy atom. The lowest BCUT2D eigenvalue weighted by Crippen LogP contribution is -2.26. The minimum absolute atomic E-state index is 0.260. The zero-order chi connectivity index (χ0) is 5.33. The van der Waals surface area contributed by atoms with E-state index in [-0.39, 0.29) is 6.42 Å². The molecule has 0 aromatic rings. The molecule has 1 aliphatic carbocycles. The van der Waals surface area contributed by atoms with Crippen molar-refractivity contribution < 1.29 is 9.18 Å². The van der Waals surface area contributed by atoms with Crippen LogP contribution in [0.4, 0.5) is 4.39 Å². The van der Waals surface area contributed by atoms with Crippen LogP contribution in [-0.4, -0.2) is 12.0 Å². The molecule has 2 heteroatoms. The SMILES string of the molecule is O=CC1(F)C=CC1.